The Labute approximate surface area is 190 Å². The molecule has 0 bridgehead atoms. The summed E-state index contributed by atoms with van der Waals surface area (Å²) in [5.41, 5.74) is -1.58. The highest BCUT2D eigenvalue weighted by Crippen LogP contribution is 2.54. The molecule has 0 N–H and O–H groups in total. The van der Waals surface area contributed by atoms with Gasteiger partial charge in [-0.15, -0.1) is 0 Å². The molecule has 0 unspecified atom stereocenters. The molecule has 0 aliphatic carbocycles. The van der Waals surface area contributed by atoms with Crippen molar-refractivity contribution in [1.82, 2.24) is 4.90 Å². The number of para-hydroxylation sites is 2. The highest BCUT2D eigenvalue weighted by atomic mass is 16.5. The lowest BCUT2D eigenvalue weighted by Crippen LogP contribution is -2.64. The van der Waals surface area contributed by atoms with Crippen LogP contribution in [0.25, 0.3) is 0 Å². The molecule has 2 heterocycles. The van der Waals surface area contributed by atoms with Gasteiger partial charge in [0, 0.05) is 21.1 Å². The van der Waals surface area contributed by atoms with Crippen molar-refractivity contribution in [2.45, 2.75) is 5.66 Å². The average Bonchev–Trinajstić information content (AvgIpc) is 3.05. The molecule has 0 radical (unpaired) electrons. The Hall–Kier alpha value is -4.02. The van der Waals surface area contributed by atoms with Gasteiger partial charge in [-0.3, -0.25) is 0 Å². The number of fused-ring (bicyclic) bond motifs is 1. The van der Waals surface area contributed by atoms with Crippen LogP contribution in [0.15, 0.2) is 46.8 Å². The number of carbonyl (C=O) groups excluding carboxylic acids is 4. The Morgan fingerprint density at radius 1 is 0.636 bits per heavy atom. The molecular formula is C22H25N3O8. The normalized spacial score (nSPS) is 16.6. The molecule has 0 saturated heterocycles. The van der Waals surface area contributed by atoms with Crippen molar-refractivity contribution in [3.8, 4) is 0 Å². The van der Waals surface area contributed by atoms with Crippen molar-refractivity contribution < 1.29 is 38.1 Å². The maximum atomic E-state index is 13.3. The smallest absolute Gasteiger partial charge is 0.355 e. The summed E-state index contributed by atoms with van der Waals surface area (Å²) >= 11 is 0. The van der Waals surface area contributed by atoms with E-state index >= 15 is 0 Å². The minimum Gasteiger partial charge on any atom is -0.465 e. The number of anilines is 2. The van der Waals surface area contributed by atoms with Gasteiger partial charge in [-0.25, -0.2) is 19.2 Å². The molecule has 0 aromatic heterocycles. The van der Waals surface area contributed by atoms with Crippen LogP contribution in [-0.2, 0) is 38.1 Å². The Balaban J connectivity index is 2.60. The highest BCUT2D eigenvalue weighted by Gasteiger charge is 2.63. The molecule has 1 aromatic carbocycles. The third-order valence-corrected chi connectivity index (χ3v) is 5.95. The Morgan fingerprint density at radius 3 is 1.27 bits per heavy atom. The molecule has 11 nitrogen and oxygen atoms in total. The lowest BCUT2D eigenvalue weighted by Gasteiger charge is -2.48. The van der Waals surface area contributed by atoms with Gasteiger partial charge in [0.25, 0.3) is 0 Å². The third kappa shape index (κ3) is 3.03. The second-order valence-corrected chi connectivity index (χ2v) is 7.25. The summed E-state index contributed by atoms with van der Waals surface area (Å²) < 4.78 is 20.0. The van der Waals surface area contributed by atoms with Gasteiger partial charge >= 0.3 is 23.9 Å². The summed E-state index contributed by atoms with van der Waals surface area (Å²) in [7, 11) is 9.18. The predicted molar refractivity (Wildman–Crippen MR) is 116 cm³/mol. The minimum atomic E-state index is -1.80. The van der Waals surface area contributed by atoms with E-state index in [2.05, 4.69) is 0 Å². The molecule has 1 spiro atoms. The first kappa shape index (κ1) is 23.6. The Bertz CT molecular complexity index is 1020. The zero-order chi connectivity index (χ0) is 24.7. The summed E-state index contributed by atoms with van der Waals surface area (Å²) in [5, 5.41) is 0. The number of methoxy groups -OCH3 is 4. The third-order valence-electron chi connectivity index (χ3n) is 5.95. The summed E-state index contributed by atoms with van der Waals surface area (Å²) in [6, 6.07) is 7.11. The van der Waals surface area contributed by atoms with Crippen LogP contribution in [0, 0.1) is 0 Å². The molecule has 176 valence electrons. The number of ether oxygens (including phenoxy) is 4. The topological polar surface area (TPSA) is 115 Å². The number of nitrogens with zero attached hydrogens (tertiary/aromatic N) is 3. The molecule has 33 heavy (non-hydrogen) atoms. The van der Waals surface area contributed by atoms with Gasteiger partial charge in [0.15, 0.2) is 5.66 Å². The second-order valence-electron chi connectivity index (χ2n) is 7.25. The van der Waals surface area contributed by atoms with Crippen molar-refractivity contribution in [2.75, 3.05) is 59.4 Å². The van der Waals surface area contributed by atoms with Gasteiger partial charge in [0.2, 0.25) is 0 Å². The Morgan fingerprint density at radius 2 is 0.970 bits per heavy atom. The first-order valence-electron chi connectivity index (χ1n) is 9.78. The average molecular weight is 459 g/mol. The number of likely N-dealkylation sites (N-methyl/N-ethyl adjacent to an activating group) is 3. The van der Waals surface area contributed by atoms with Crippen LogP contribution in [0.3, 0.4) is 0 Å². The van der Waals surface area contributed by atoms with Crippen LogP contribution in [-0.4, -0.2) is 84.0 Å². The van der Waals surface area contributed by atoms with Crippen LogP contribution < -0.4 is 9.80 Å². The molecule has 11 heteroatoms. The SMILES string of the molecule is COC(=O)C1=C(C(=O)OC)C2(C(C(=O)OC)=C(C(=O)OC)N1C)N(C)c1ccccc1N2C. The van der Waals surface area contributed by atoms with Crippen molar-refractivity contribution in [2.24, 2.45) is 0 Å². The van der Waals surface area contributed by atoms with Crippen LogP contribution in [0.5, 0.6) is 0 Å². The van der Waals surface area contributed by atoms with E-state index in [4.69, 9.17) is 18.9 Å². The van der Waals surface area contributed by atoms with E-state index in [0.29, 0.717) is 11.4 Å². The van der Waals surface area contributed by atoms with Crippen LogP contribution in [0.2, 0.25) is 0 Å². The van der Waals surface area contributed by atoms with Crippen molar-refractivity contribution in [1.29, 1.82) is 0 Å². The minimum absolute atomic E-state index is 0.228. The molecule has 1 aromatic rings. The van der Waals surface area contributed by atoms with Gasteiger partial charge in [-0.05, 0) is 12.1 Å². The first-order chi connectivity index (χ1) is 15.6. The van der Waals surface area contributed by atoms with Gasteiger partial charge in [-0.2, -0.15) is 0 Å². The number of hydrogen-bond acceptors (Lipinski definition) is 11. The second kappa shape index (κ2) is 8.49. The van der Waals surface area contributed by atoms with Gasteiger partial charge in [0.05, 0.1) is 39.8 Å². The number of hydrogen-bond donors (Lipinski definition) is 0. The fraction of sp³-hybridized carbons (Fsp3) is 0.364. The fourth-order valence-corrected chi connectivity index (χ4v) is 4.53. The van der Waals surface area contributed by atoms with E-state index in [-0.39, 0.29) is 22.5 Å². The zero-order valence-electron chi connectivity index (χ0n) is 19.4. The van der Waals surface area contributed by atoms with E-state index in [0.717, 1.165) is 33.3 Å². The molecule has 0 fully saturated rings. The summed E-state index contributed by atoms with van der Waals surface area (Å²) in [6.45, 7) is 0. The lowest BCUT2D eigenvalue weighted by molar-refractivity contribution is -0.144. The molecule has 0 amide bonds. The van der Waals surface area contributed by atoms with E-state index in [1.807, 2.05) is 0 Å². The van der Waals surface area contributed by atoms with Gasteiger partial charge < -0.3 is 33.6 Å². The number of carbonyl (C=O) groups is 4. The van der Waals surface area contributed by atoms with E-state index in [1.165, 1.54) is 7.05 Å². The lowest BCUT2D eigenvalue weighted by atomic mass is 9.81. The fourth-order valence-electron chi connectivity index (χ4n) is 4.53. The van der Waals surface area contributed by atoms with Crippen LogP contribution in [0.1, 0.15) is 0 Å². The summed E-state index contributed by atoms with van der Waals surface area (Å²) in [4.78, 5) is 56.9. The number of rotatable bonds is 4. The van der Waals surface area contributed by atoms with Gasteiger partial charge in [-0.1, -0.05) is 12.1 Å². The predicted octanol–water partition coefficient (Wildman–Crippen LogP) is 0.415. The van der Waals surface area contributed by atoms with Crippen LogP contribution >= 0.6 is 0 Å². The van der Waals surface area contributed by atoms with E-state index in [1.54, 1.807) is 48.2 Å². The van der Waals surface area contributed by atoms with Crippen LogP contribution in [0.4, 0.5) is 11.4 Å². The number of benzene rings is 1. The molecule has 3 rings (SSSR count). The maximum absolute atomic E-state index is 13.3. The molecule has 2 aliphatic rings. The van der Waals surface area contributed by atoms with Gasteiger partial charge in [0.1, 0.15) is 22.5 Å². The van der Waals surface area contributed by atoms with Crippen molar-refractivity contribution in [3.05, 3.63) is 46.8 Å². The molecule has 0 saturated carbocycles. The van der Waals surface area contributed by atoms with E-state index in [9.17, 15) is 19.2 Å². The molecule has 2 aliphatic heterocycles. The monoisotopic (exact) mass is 459 g/mol. The first-order valence-corrected chi connectivity index (χ1v) is 9.78. The van der Waals surface area contributed by atoms with E-state index < -0.39 is 29.5 Å². The quantitative estimate of drug-likeness (QED) is 0.461. The summed E-state index contributed by atoms with van der Waals surface area (Å²) in [6.07, 6.45) is 0. The standard InChI is InChI=1S/C22H25N3O8/c1-23-16(20(28)32-6)14(18(26)30-4)22(15(19(27)31-5)17(23)21(29)33-7)24(2)12-10-8-9-11-13(12)25(22)3/h8-11H,1-7H3. The van der Waals surface area contributed by atoms with Crippen molar-refractivity contribution in [3.63, 3.8) is 0 Å². The summed E-state index contributed by atoms with van der Waals surface area (Å²) in [5.74, 6) is -3.64. The largest absolute Gasteiger partial charge is 0.465 e. The highest BCUT2D eigenvalue weighted by molar-refractivity contribution is 6.14. The zero-order valence-corrected chi connectivity index (χ0v) is 19.4. The molecular weight excluding hydrogens is 434 g/mol. The number of esters is 4. The molecule has 0 atom stereocenters. The maximum Gasteiger partial charge on any atom is 0.355 e. The van der Waals surface area contributed by atoms with Crippen molar-refractivity contribution >= 4 is 35.3 Å². The Kier molecular flexibility index (Phi) is 6.08.